The Morgan fingerprint density at radius 3 is 2.69 bits per heavy atom. The van der Waals surface area contributed by atoms with E-state index in [1.165, 1.54) is 29.1 Å². The number of sulfonamides is 1. The molecule has 1 aromatic rings. The number of likely N-dealkylation sites (N-methyl/N-ethyl adjacent to an activating group) is 1. The lowest BCUT2D eigenvalue weighted by Crippen LogP contribution is -2.49. The first-order valence-corrected chi connectivity index (χ1v) is 13.5. The van der Waals surface area contributed by atoms with Crippen LogP contribution in [0.25, 0.3) is 5.57 Å². The minimum absolute atomic E-state index is 0.00821. The third-order valence-electron chi connectivity index (χ3n) is 7.09. The fourth-order valence-electron chi connectivity index (χ4n) is 4.87. The zero-order valence-electron chi connectivity index (χ0n) is 19.7. The largest absolute Gasteiger partial charge is 0.487 e. The number of rotatable bonds is 7. The molecule has 7 heteroatoms. The summed E-state index contributed by atoms with van der Waals surface area (Å²) >= 11 is 0. The van der Waals surface area contributed by atoms with Crippen molar-refractivity contribution in [2.24, 2.45) is 11.8 Å². The van der Waals surface area contributed by atoms with E-state index in [-0.39, 0.29) is 23.5 Å². The van der Waals surface area contributed by atoms with Gasteiger partial charge in [-0.1, -0.05) is 19.1 Å². The lowest BCUT2D eigenvalue weighted by Gasteiger charge is -2.37. The Labute approximate surface area is 193 Å². The van der Waals surface area contributed by atoms with Crippen LogP contribution in [0.3, 0.4) is 0 Å². The van der Waals surface area contributed by atoms with Gasteiger partial charge in [0.15, 0.2) is 0 Å². The molecular weight excluding hydrogens is 424 g/mol. The van der Waals surface area contributed by atoms with Crippen LogP contribution in [0.15, 0.2) is 29.2 Å². The van der Waals surface area contributed by atoms with E-state index in [0.717, 1.165) is 43.8 Å². The summed E-state index contributed by atoms with van der Waals surface area (Å²) in [5, 5.41) is 9.79. The third kappa shape index (κ3) is 5.22. The van der Waals surface area contributed by atoms with E-state index in [0.29, 0.717) is 12.3 Å². The molecule has 4 rings (SSSR count). The lowest BCUT2D eigenvalue weighted by molar-refractivity contribution is 0.0740. The molecule has 0 bridgehead atoms. The van der Waals surface area contributed by atoms with E-state index in [1.54, 1.807) is 13.0 Å². The molecule has 3 aliphatic rings. The van der Waals surface area contributed by atoms with Gasteiger partial charge in [-0.15, -0.1) is 0 Å². The third-order valence-corrected chi connectivity index (χ3v) is 9.11. The second kappa shape index (κ2) is 9.84. The molecule has 0 unspecified atom stereocenters. The van der Waals surface area contributed by atoms with Gasteiger partial charge in [-0.25, -0.2) is 8.42 Å². The molecule has 0 amide bonds. The molecule has 1 aliphatic heterocycles. The highest BCUT2D eigenvalue weighted by Gasteiger charge is 2.38. The first kappa shape index (κ1) is 23.7. The predicted molar refractivity (Wildman–Crippen MR) is 127 cm³/mol. The Kier molecular flexibility index (Phi) is 7.30. The maximum atomic E-state index is 13.6. The summed E-state index contributed by atoms with van der Waals surface area (Å²) in [7, 11) is -1.65. The highest BCUT2D eigenvalue weighted by molar-refractivity contribution is 7.89. The Morgan fingerprint density at radius 1 is 1.25 bits per heavy atom. The van der Waals surface area contributed by atoms with Crippen molar-refractivity contribution in [3.63, 3.8) is 0 Å². The molecule has 178 valence electrons. The minimum atomic E-state index is -3.78. The van der Waals surface area contributed by atoms with Gasteiger partial charge in [-0.2, -0.15) is 4.31 Å². The zero-order chi connectivity index (χ0) is 22.9. The van der Waals surface area contributed by atoms with Crippen LogP contribution in [0.5, 0.6) is 5.75 Å². The average molecular weight is 463 g/mol. The van der Waals surface area contributed by atoms with Crippen LogP contribution in [0.1, 0.15) is 57.9 Å². The number of fused-ring (bicyclic) bond motifs is 1. The van der Waals surface area contributed by atoms with Crippen LogP contribution in [-0.2, 0) is 10.0 Å². The van der Waals surface area contributed by atoms with Crippen LogP contribution in [-0.4, -0.2) is 68.2 Å². The van der Waals surface area contributed by atoms with Crippen molar-refractivity contribution in [3.8, 4) is 5.75 Å². The number of benzene rings is 1. The van der Waals surface area contributed by atoms with E-state index >= 15 is 0 Å². The van der Waals surface area contributed by atoms with Crippen molar-refractivity contribution < 1.29 is 18.3 Å². The predicted octanol–water partition coefficient (Wildman–Crippen LogP) is 3.75. The number of ether oxygens (including phenoxy) is 1. The Bertz CT molecular complexity index is 941. The Hall–Kier alpha value is -1.41. The molecule has 1 N–H and O–H groups in total. The molecule has 0 radical (unpaired) electrons. The van der Waals surface area contributed by atoms with Gasteiger partial charge >= 0.3 is 0 Å². The molecule has 1 aromatic carbocycles. The Morgan fingerprint density at radius 2 is 2.03 bits per heavy atom. The van der Waals surface area contributed by atoms with E-state index in [1.807, 2.05) is 12.1 Å². The highest BCUT2D eigenvalue weighted by atomic mass is 32.2. The topological polar surface area (TPSA) is 70.1 Å². The minimum Gasteiger partial charge on any atom is -0.487 e. The second-order valence-corrected chi connectivity index (χ2v) is 11.9. The summed E-state index contributed by atoms with van der Waals surface area (Å²) in [6.07, 6.45) is 9.20. The van der Waals surface area contributed by atoms with Crippen LogP contribution >= 0.6 is 0 Å². The standard InChI is InChI=1S/C25H38N2O4S/c1-18-14-27(19(2)17-28)32(29,30)25-12-11-22(21-7-5-4-6-8-21)13-23(25)31-24(18)16-26(3)15-20-9-10-20/h7,11-13,18-20,24,28H,4-6,8-10,14-17H2,1-3H3/t18-,19+,24-/m1/s1. The summed E-state index contributed by atoms with van der Waals surface area (Å²) < 4.78 is 35.2. The summed E-state index contributed by atoms with van der Waals surface area (Å²) in [6, 6.07) is 5.06. The fourth-order valence-corrected chi connectivity index (χ4v) is 6.69. The molecule has 0 saturated heterocycles. The van der Waals surface area contributed by atoms with E-state index < -0.39 is 16.1 Å². The van der Waals surface area contributed by atoms with Crippen molar-refractivity contribution in [2.75, 3.05) is 33.3 Å². The molecule has 1 fully saturated rings. The van der Waals surface area contributed by atoms with Crippen molar-refractivity contribution in [2.45, 2.75) is 69.4 Å². The number of allylic oxidation sites excluding steroid dienone is 2. The number of aliphatic hydroxyl groups is 1. The number of hydrogen-bond acceptors (Lipinski definition) is 5. The summed E-state index contributed by atoms with van der Waals surface area (Å²) in [6.45, 7) is 5.76. The molecule has 2 aliphatic carbocycles. The highest BCUT2D eigenvalue weighted by Crippen LogP contribution is 2.37. The summed E-state index contributed by atoms with van der Waals surface area (Å²) in [4.78, 5) is 2.53. The van der Waals surface area contributed by atoms with Crippen LogP contribution < -0.4 is 4.74 Å². The molecule has 0 spiro atoms. The van der Waals surface area contributed by atoms with Gasteiger partial charge in [0.25, 0.3) is 0 Å². The fraction of sp³-hybridized carbons (Fsp3) is 0.680. The van der Waals surface area contributed by atoms with Crippen molar-refractivity contribution in [1.82, 2.24) is 9.21 Å². The average Bonchev–Trinajstić information content (AvgIpc) is 3.59. The molecule has 32 heavy (non-hydrogen) atoms. The van der Waals surface area contributed by atoms with Crippen molar-refractivity contribution in [3.05, 3.63) is 29.8 Å². The van der Waals surface area contributed by atoms with Gasteiger partial charge in [0.05, 0.1) is 6.61 Å². The van der Waals surface area contributed by atoms with Crippen molar-refractivity contribution >= 4 is 15.6 Å². The van der Waals surface area contributed by atoms with Gasteiger partial charge < -0.3 is 14.7 Å². The van der Waals surface area contributed by atoms with E-state index in [4.69, 9.17) is 4.74 Å². The van der Waals surface area contributed by atoms with Gasteiger partial charge in [-0.05, 0) is 81.7 Å². The maximum Gasteiger partial charge on any atom is 0.247 e. The SMILES string of the molecule is C[C@@H]1CN([C@@H](C)CO)S(=O)(=O)c2ccc(C3=CCCCC3)cc2O[C@@H]1CN(C)CC1CC1. The van der Waals surface area contributed by atoms with Crippen LogP contribution in [0, 0.1) is 11.8 Å². The normalized spacial score (nSPS) is 27.1. The number of nitrogens with zero attached hydrogens (tertiary/aromatic N) is 2. The molecule has 0 aromatic heterocycles. The monoisotopic (exact) mass is 462 g/mol. The van der Waals surface area contributed by atoms with Crippen LogP contribution in [0.4, 0.5) is 0 Å². The summed E-state index contributed by atoms with van der Waals surface area (Å²) in [5.74, 6) is 1.22. The van der Waals surface area contributed by atoms with E-state index in [9.17, 15) is 13.5 Å². The van der Waals surface area contributed by atoms with Gasteiger partial charge in [-0.3, -0.25) is 0 Å². The zero-order valence-corrected chi connectivity index (χ0v) is 20.5. The lowest BCUT2D eigenvalue weighted by atomic mass is 9.93. The van der Waals surface area contributed by atoms with E-state index in [2.05, 4.69) is 24.9 Å². The van der Waals surface area contributed by atoms with Crippen molar-refractivity contribution in [1.29, 1.82) is 0 Å². The quantitative estimate of drug-likeness (QED) is 0.668. The molecule has 3 atom stereocenters. The van der Waals surface area contributed by atoms with Gasteiger partial charge in [0.1, 0.15) is 16.7 Å². The van der Waals surface area contributed by atoms with Gasteiger partial charge in [0, 0.05) is 31.6 Å². The maximum absolute atomic E-state index is 13.6. The number of hydrogen-bond donors (Lipinski definition) is 1. The second-order valence-electron chi connectivity index (χ2n) is 10.0. The van der Waals surface area contributed by atoms with Crippen LogP contribution in [0.2, 0.25) is 0 Å². The first-order chi connectivity index (χ1) is 15.3. The summed E-state index contributed by atoms with van der Waals surface area (Å²) in [5.41, 5.74) is 2.33. The molecule has 1 saturated carbocycles. The smallest absolute Gasteiger partial charge is 0.247 e. The number of aliphatic hydroxyl groups excluding tert-OH is 1. The Balaban J connectivity index is 1.71. The molecule has 1 heterocycles. The molecule has 6 nitrogen and oxygen atoms in total. The first-order valence-electron chi connectivity index (χ1n) is 12.1. The van der Waals surface area contributed by atoms with Gasteiger partial charge in [0.2, 0.25) is 10.0 Å². The molecular formula is C25H38N2O4S.